The molecule has 1 heterocycles. The summed E-state index contributed by atoms with van der Waals surface area (Å²) in [6.45, 7) is 3.54. The topological polar surface area (TPSA) is 121 Å². The fraction of sp³-hybridized carbons (Fsp3) is 0.235. The molecule has 8 nitrogen and oxygen atoms in total. The minimum absolute atomic E-state index is 0.0671. The normalized spacial score (nSPS) is 12.8. The smallest absolute Gasteiger partial charge is 0.432 e. The molecule has 5 N–H and O–H groups in total. The number of hydrogen-bond acceptors (Lipinski definition) is 7. The molecule has 0 saturated heterocycles. The van der Waals surface area contributed by atoms with Crippen LogP contribution in [0, 0.1) is 13.8 Å². The molecular formula is C17H18ClF3N6O2S. The first-order chi connectivity index (χ1) is 14.0. The summed E-state index contributed by atoms with van der Waals surface area (Å²) in [4.78, 5) is 11.1. The van der Waals surface area contributed by atoms with Crippen molar-refractivity contribution in [2.75, 3.05) is 0 Å². The van der Waals surface area contributed by atoms with Crippen LogP contribution in [0.5, 0.6) is 11.6 Å². The number of amides is 1. The minimum atomic E-state index is -4.91. The highest BCUT2D eigenvalue weighted by Crippen LogP contribution is 2.32. The number of rotatable bonds is 6. The highest BCUT2D eigenvalue weighted by Gasteiger charge is 2.36. The lowest BCUT2D eigenvalue weighted by atomic mass is 10.2. The molecule has 0 atom stereocenters. The van der Waals surface area contributed by atoms with Crippen LogP contribution in [0.15, 0.2) is 33.9 Å². The van der Waals surface area contributed by atoms with Gasteiger partial charge in [0.2, 0.25) is 5.88 Å². The number of ether oxygens (including phenoxy) is 1. The van der Waals surface area contributed by atoms with Crippen LogP contribution < -0.4 is 21.0 Å². The maximum absolute atomic E-state index is 12.7. The van der Waals surface area contributed by atoms with Crippen molar-refractivity contribution < 1.29 is 22.7 Å². The molecule has 0 aliphatic carbocycles. The van der Waals surface area contributed by atoms with Crippen molar-refractivity contribution in [2.45, 2.75) is 20.0 Å². The van der Waals surface area contributed by atoms with Gasteiger partial charge in [0.15, 0.2) is 0 Å². The lowest BCUT2D eigenvalue weighted by Gasteiger charge is -2.11. The monoisotopic (exact) mass is 462 g/mol. The number of allylic oxidation sites excluding steroid dienone is 1. The van der Waals surface area contributed by atoms with E-state index in [4.69, 9.17) is 27.2 Å². The maximum atomic E-state index is 12.7. The number of benzene rings is 1. The van der Waals surface area contributed by atoms with E-state index in [1.807, 2.05) is 18.4 Å². The largest absolute Gasteiger partial charge is 0.437 e. The Morgan fingerprint density at radius 3 is 2.63 bits per heavy atom. The fourth-order valence-corrected chi connectivity index (χ4v) is 2.96. The summed E-state index contributed by atoms with van der Waals surface area (Å²) in [5.74, 6) is -0.583. The Bertz CT molecular complexity index is 1020. The van der Waals surface area contributed by atoms with E-state index in [0.29, 0.717) is 22.0 Å². The third-order valence-electron chi connectivity index (χ3n) is 3.74. The van der Waals surface area contributed by atoms with Gasteiger partial charge in [-0.3, -0.25) is 9.93 Å². The number of aryl methyl sites for hydroxylation is 3. The molecule has 0 bridgehead atoms. The molecule has 0 radical (unpaired) electrons. The lowest BCUT2D eigenvalue weighted by molar-refractivity contribution is -0.118. The quantitative estimate of drug-likeness (QED) is 0.262. The van der Waals surface area contributed by atoms with Gasteiger partial charge in [0.25, 0.3) is 5.91 Å². The summed E-state index contributed by atoms with van der Waals surface area (Å²) in [6, 6.07) is 5.21. The second kappa shape index (κ2) is 9.41. The molecule has 1 aromatic heterocycles. The van der Waals surface area contributed by atoms with Gasteiger partial charge in [-0.05, 0) is 43.5 Å². The summed E-state index contributed by atoms with van der Waals surface area (Å²) in [5, 5.41) is 13.4. The van der Waals surface area contributed by atoms with Gasteiger partial charge in [-0.25, -0.2) is 10.1 Å². The Morgan fingerprint density at radius 1 is 1.40 bits per heavy atom. The van der Waals surface area contributed by atoms with Crippen LogP contribution in [0.1, 0.15) is 16.8 Å². The van der Waals surface area contributed by atoms with Gasteiger partial charge in [0.1, 0.15) is 16.4 Å². The van der Waals surface area contributed by atoms with E-state index >= 15 is 0 Å². The second-order valence-electron chi connectivity index (χ2n) is 6.02. The summed E-state index contributed by atoms with van der Waals surface area (Å²) < 4.78 is 45.3. The first-order valence-corrected chi connectivity index (χ1v) is 9.46. The molecule has 0 fully saturated rings. The van der Waals surface area contributed by atoms with Crippen LogP contribution in [0.2, 0.25) is 5.02 Å². The molecule has 30 heavy (non-hydrogen) atoms. The van der Waals surface area contributed by atoms with Crippen LogP contribution in [0.3, 0.4) is 0 Å². The zero-order valence-electron chi connectivity index (χ0n) is 16.0. The number of carbonyl (C=O) groups excluding carboxylic acids is 1. The summed E-state index contributed by atoms with van der Waals surface area (Å²) in [6.07, 6.45) is -3.72. The number of carbonyl (C=O) groups is 1. The van der Waals surface area contributed by atoms with E-state index in [1.54, 1.807) is 26.1 Å². The molecule has 2 rings (SSSR count). The number of hydrazone groups is 1. The third kappa shape index (κ3) is 5.46. The Labute approximate surface area is 179 Å². The van der Waals surface area contributed by atoms with Crippen LogP contribution >= 0.6 is 23.5 Å². The third-order valence-corrected chi connectivity index (χ3v) is 4.68. The van der Waals surface area contributed by atoms with Crippen LogP contribution in [0.4, 0.5) is 13.2 Å². The Kier molecular flexibility index (Phi) is 7.39. The van der Waals surface area contributed by atoms with Gasteiger partial charge in [0, 0.05) is 7.05 Å². The number of nitrogens with two attached hydrogens (primary N) is 2. The first kappa shape index (κ1) is 23.6. The Hall–Kier alpha value is -2.70. The predicted molar refractivity (Wildman–Crippen MR) is 109 cm³/mol. The molecule has 0 unspecified atom stereocenters. The van der Waals surface area contributed by atoms with Gasteiger partial charge in [0.05, 0.1) is 22.5 Å². The van der Waals surface area contributed by atoms with Crippen LogP contribution in [-0.4, -0.2) is 28.1 Å². The number of halogens is 4. The van der Waals surface area contributed by atoms with Crippen molar-refractivity contribution >= 4 is 35.7 Å². The minimum Gasteiger partial charge on any atom is -0.437 e. The van der Waals surface area contributed by atoms with Crippen molar-refractivity contribution in [3.8, 4) is 11.6 Å². The lowest BCUT2D eigenvalue weighted by Crippen LogP contribution is -2.28. The average Bonchev–Trinajstić information content (AvgIpc) is 2.90. The molecular weight excluding hydrogens is 445 g/mol. The van der Waals surface area contributed by atoms with E-state index < -0.39 is 22.7 Å². The van der Waals surface area contributed by atoms with Gasteiger partial charge in [-0.15, -0.1) is 0 Å². The highest BCUT2D eigenvalue weighted by molar-refractivity contribution is 8.01. The zero-order chi connectivity index (χ0) is 22.6. The second-order valence-corrected chi connectivity index (χ2v) is 7.07. The fourth-order valence-electron chi connectivity index (χ4n) is 2.29. The molecule has 1 aromatic carbocycles. The van der Waals surface area contributed by atoms with Crippen molar-refractivity contribution in [2.24, 2.45) is 23.0 Å². The molecule has 1 amide bonds. The number of nitrogens with zero attached hydrogens (tertiary/aromatic N) is 3. The maximum Gasteiger partial charge on any atom is 0.432 e. The molecule has 13 heteroatoms. The van der Waals surface area contributed by atoms with E-state index in [-0.39, 0.29) is 17.8 Å². The van der Waals surface area contributed by atoms with Gasteiger partial charge in [-0.2, -0.15) is 23.4 Å². The molecule has 0 aliphatic heterocycles. The van der Waals surface area contributed by atoms with Crippen molar-refractivity contribution in [3.63, 3.8) is 0 Å². The molecule has 0 saturated carbocycles. The zero-order valence-corrected chi connectivity index (χ0v) is 17.6. The van der Waals surface area contributed by atoms with Crippen LogP contribution in [-0.2, 0) is 11.8 Å². The molecule has 0 aliphatic rings. The number of aromatic nitrogens is 2. The number of nitrogens with one attached hydrogen (secondary N) is 1. The first-order valence-electron chi connectivity index (χ1n) is 8.20. The van der Waals surface area contributed by atoms with Gasteiger partial charge >= 0.3 is 6.18 Å². The van der Waals surface area contributed by atoms with E-state index in [9.17, 15) is 18.0 Å². The van der Waals surface area contributed by atoms with Gasteiger partial charge in [-0.1, -0.05) is 17.7 Å². The van der Waals surface area contributed by atoms with Gasteiger partial charge < -0.3 is 10.5 Å². The Morgan fingerprint density at radius 2 is 2.07 bits per heavy atom. The standard InChI is InChI=1S/C17H18ClF3N6O2S/c1-8-4-5-12(11(18)6-8)29-16-10(9(2)26-27(16)3)7-24-25-15(28)13(30-23)14(22)17(19,20)21/h4-7H,22-23H2,1-3H3,(H,25,28)/b14-13-,24-7+. The molecule has 2 aromatic rings. The highest BCUT2D eigenvalue weighted by atomic mass is 35.5. The average molecular weight is 463 g/mol. The van der Waals surface area contributed by atoms with Crippen molar-refractivity contribution in [1.82, 2.24) is 15.2 Å². The van der Waals surface area contributed by atoms with Crippen molar-refractivity contribution in [3.05, 3.63) is 50.6 Å². The molecule has 162 valence electrons. The summed E-state index contributed by atoms with van der Waals surface area (Å²) in [7, 11) is 1.62. The van der Waals surface area contributed by atoms with Crippen LogP contribution in [0.25, 0.3) is 0 Å². The number of alkyl halides is 3. The SMILES string of the molecule is Cc1ccc(Oc2c(/C=N/NC(=O)/C(SN)=C(/N)C(F)(F)F)c(C)nn2C)c(Cl)c1. The summed E-state index contributed by atoms with van der Waals surface area (Å²) >= 11 is 6.25. The molecule has 0 spiro atoms. The van der Waals surface area contributed by atoms with E-state index in [2.05, 4.69) is 10.2 Å². The van der Waals surface area contributed by atoms with E-state index in [0.717, 1.165) is 5.56 Å². The Balaban J connectivity index is 2.27. The van der Waals surface area contributed by atoms with E-state index in [1.165, 1.54) is 10.9 Å². The number of hydrogen-bond donors (Lipinski definition) is 3. The van der Waals surface area contributed by atoms with Crippen molar-refractivity contribution in [1.29, 1.82) is 0 Å². The predicted octanol–water partition coefficient (Wildman–Crippen LogP) is 3.27. The summed E-state index contributed by atoms with van der Waals surface area (Å²) in [5.41, 5.74) is 7.10.